The zero-order valence-electron chi connectivity index (χ0n) is 21.0. The van der Waals surface area contributed by atoms with Crippen LogP contribution in [0.3, 0.4) is 0 Å². The molecule has 5 aromatic rings. The van der Waals surface area contributed by atoms with Crippen molar-refractivity contribution in [2.75, 3.05) is 38.3 Å². The minimum atomic E-state index is 0.197. The van der Waals surface area contributed by atoms with Gasteiger partial charge in [0.2, 0.25) is 5.95 Å². The highest BCUT2D eigenvalue weighted by molar-refractivity contribution is 5.88. The molecule has 6 rings (SSSR count). The van der Waals surface area contributed by atoms with Crippen molar-refractivity contribution in [3.8, 4) is 23.1 Å². The first-order valence-electron chi connectivity index (χ1n) is 12.2. The molecule has 0 spiro atoms. The molecule has 0 N–H and O–H groups in total. The molecule has 0 saturated carbocycles. The van der Waals surface area contributed by atoms with Gasteiger partial charge in [-0.1, -0.05) is 38.1 Å². The summed E-state index contributed by atoms with van der Waals surface area (Å²) in [6, 6.07) is 16.1. The second-order valence-corrected chi connectivity index (χ2v) is 9.29. The van der Waals surface area contributed by atoms with Gasteiger partial charge in [-0.05, 0) is 24.3 Å². The van der Waals surface area contributed by atoms with Crippen LogP contribution in [0.5, 0.6) is 5.75 Å². The minimum absolute atomic E-state index is 0.197. The Morgan fingerprint density at radius 2 is 1.75 bits per heavy atom. The second-order valence-electron chi connectivity index (χ2n) is 9.29. The van der Waals surface area contributed by atoms with E-state index in [0.717, 1.165) is 64.1 Å². The second kappa shape index (κ2) is 8.91. The molecule has 9 heteroatoms. The van der Waals surface area contributed by atoms with Gasteiger partial charge >= 0.3 is 0 Å². The van der Waals surface area contributed by atoms with Gasteiger partial charge in [0, 0.05) is 31.6 Å². The lowest BCUT2D eigenvalue weighted by Crippen LogP contribution is -2.37. The Morgan fingerprint density at radius 3 is 2.53 bits per heavy atom. The molecule has 184 valence electrons. The van der Waals surface area contributed by atoms with E-state index in [-0.39, 0.29) is 5.92 Å². The third-order valence-corrected chi connectivity index (χ3v) is 6.63. The van der Waals surface area contributed by atoms with E-state index in [1.54, 1.807) is 7.11 Å². The van der Waals surface area contributed by atoms with Crippen LogP contribution < -0.4 is 9.64 Å². The Labute approximate surface area is 209 Å². The van der Waals surface area contributed by atoms with Crippen LogP contribution >= 0.6 is 0 Å². The molecule has 0 aliphatic carbocycles. The number of hydrogen-bond acceptors (Lipinski definition) is 7. The Morgan fingerprint density at radius 1 is 0.944 bits per heavy atom. The number of nitrogens with zero attached hydrogens (tertiary/aromatic N) is 7. The first kappa shape index (κ1) is 22.5. The van der Waals surface area contributed by atoms with Gasteiger partial charge < -0.3 is 18.9 Å². The molecule has 0 amide bonds. The molecule has 1 aliphatic heterocycles. The fraction of sp³-hybridized carbons (Fsp3) is 0.333. The molecule has 4 heterocycles. The van der Waals surface area contributed by atoms with E-state index in [9.17, 15) is 0 Å². The smallest absolute Gasteiger partial charge is 0.239 e. The average Bonchev–Trinajstić information content (AvgIpc) is 3.47. The highest BCUT2D eigenvalue weighted by atomic mass is 16.5. The van der Waals surface area contributed by atoms with E-state index >= 15 is 0 Å². The summed E-state index contributed by atoms with van der Waals surface area (Å²) in [5.74, 6) is 4.13. The van der Waals surface area contributed by atoms with Gasteiger partial charge in [-0.3, -0.25) is 4.57 Å². The van der Waals surface area contributed by atoms with Crippen LogP contribution in [0.4, 0.5) is 5.82 Å². The largest absolute Gasteiger partial charge is 0.497 e. The lowest BCUT2D eigenvalue weighted by molar-refractivity contribution is 0.122. The highest BCUT2D eigenvalue weighted by Gasteiger charge is 2.25. The van der Waals surface area contributed by atoms with Gasteiger partial charge in [0.15, 0.2) is 17.0 Å². The van der Waals surface area contributed by atoms with Crippen molar-refractivity contribution in [1.82, 2.24) is 29.1 Å². The number of rotatable bonds is 5. The molecule has 1 saturated heterocycles. The van der Waals surface area contributed by atoms with Crippen LogP contribution in [-0.2, 0) is 11.8 Å². The van der Waals surface area contributed by atoms with Crippen LogP contribution in [0, 0.1) is 0 Å². The summed E-state index contributed by atoms with van der Waals surface area (Å²) in [6.07, 6.45) is 0. The minimum Gasteiger partial charge on any atom is -0.497 e. The highest BCUT2D eigenvalue weighted by Crippen LogP contribution is 2.32. The molecule has 0 unspecified atom stereocenters. The summed E-state index contributed by atoms with van der Waals surface area (Å²) in [4.78, 5) is 22.4. The van der Waals surface area contributed by atoms with Gasteiger partial charge in [0.1, 0.15) is 17.4 Å². The Hall–Kier alpha value is -3.98. The van der Waals surface area contributed by atoms with Crippen molar-refractivity contribution in [2.45, 2.75) is 19.8 Å². The lowest BCUT2D eigenvalue weighted by Gasteiger charge is -2.28. The third kappa shape index (κ3) is 3.67. The quantitative estimate of drug-likeness (QED) is 0.368. The van der Waals surface area contributed by atoms with Crippen LogP contribution in [0.2, 0.25) is 0 Å². The van der Waals surface area contributed by atoms with E-state index < -0.39 is 0 Å². The molecule has 1 fully saturated rings. The van der Waals surface area contributed by atoms with Gasteiger partial charge in [-0.2, -0.15) is 9.97 Å². The summed E-state index contributed by atoms with van der Waals surface area (Å²) in [5.41, 5.74) is 4.42. The fourth-order valence-corrected chi connectivity index (χ4v) is 4.79. The summed E-state index contributed by atoms with van der Waals surface area (Å²) in [6.45, 7) is 7.09. The predicted molar refractivity (Wildman–Crippen MR) is 140 cm³/mol. The maximum Gasteiger partial charge on any atom is 0.239 e. The molecule has 9 nitrogen and oxygen atoms in total. The summed E-state index contributed by atoms with van der Waals surface area (Å²) < 4.78 is 15.2. The van der Waals surface area contributed by atoms with Crippen molar-refractivity contribution in [2.24, 2.45) is 7.05 Å². The normalized spacial score (nSPS) is 14.3. The van der Waals surface area contributed by atoms with Gasteiger partial charge in [-0.15, -0.1) is 0 Å². The van der Waals surface area contributed by atoms with Crippen LogP contribution in [0.15, 0.2) is 48.5 Å². The van der Waals surface area contributed by atoms with Gasteiger partial charge in [0.25, 0.3) is 0 Å². The Kier molecular flexibility index (Phi) is 5.56. The van der Waals surface area contributed by atoms with E-state index in [4.69, 9.17) is 29.4 Å². The Balaban J connectivity index is 1.63. The third-order valence-electron chi connectivity index (χ3n) is 6.63. The number of aryl methyl sites for hydroxylation is 1. The summed E-state index contributed by atoms with van der Waals surface area (Å²) >= 11 is 0. The first-order valence-corrected chi connectivity index (χ1v) is 12.2. The maximum absolute atomic E-state index is 5.63. The van der Waals surface area contributed by atoms with Crippen molar-refractivity contribution < 1.29 is 9.47 Å². The van der Waals surface area contributed by atoms with Crippen LogP contribution in [0.25, 0.3) is 39.5 Å². The average molecular weight is 484 g/mol. The molecule has 36 heavy (non-hydrogen) atoms. The van der Waals surface area contributed by atoms with Crippen molar-refractivity contribution in [1.29, 1.82) is 0 Å². The number of benzene rings is 2. The predicted octanol–water partition coefficient (Wildman–Crippen LogP) is 4.34. The SMILES string of the molecule is COc1cccc(-c2nc3c(N4CCOCC4)nc(-n4c(C(C)C)nc5ccccc54)nc3n2C)c1. The number of fused-ring (bicyclic) bond motifs is 2. The zero-order valence-corrected chi connectivity index (χ0v) is 21.0. The molecule has 2 aromatic carbocycles. The number of anilines is 1. The van der Waals surface area contributed by atoms with E-state index in [2.05, 4.69) is 29.4 Å². The zero-order chi connectivity index (χ0) is 24.8. The van der Waals surface area contributed by atoms with E-state index in [1.807, 2.05) is 54.1 Å². The lowest BCUT2D eigenvalue weighted by atomic mass is 10.2. The molecular formula is C27H29N7O2. The molecule has 0 atom stereocenters. The van der Waals surface area contributed by atoms with E-state index in [1.165, 1.54) is 0 Å². The maximum atomic E-state index is 5.63. The number of hydrogen-bond donors (Lipinski definition) is 0. The topological polar surface area (TPSA) is 83.1 Å². The van der Waals surface area contributed by atoms with E-state index in [0.29, 0.717) is 19.2 Å². The first-order chi connectivity index (χ1) is 17.5. The molecule has 0 radical (unpaired) electrons. The summed E-state index contributed by atoms with van der Waals surface area (Å²) in [7, 11) is 3.67. The number of para-hydroxylation sites is 2. The number of methoxy groups -OCH3 is 1. The van der Waals surface area contributed by atoms with Crippen LogP contribution in [-0.4, -0.2) is 62.5 Å². The molecule has 3 aromatic heterocycles. The number of aromatic nitrogens is 6. The van der Waals surface area contributed by atoms with Crippen LogP contribution in [0.1, 0.15) is 25.6 Å². The Bertz CT molecular complexity index is 1560. The standard InChI is InChI=1S/C27H29N7O2/c1-17(2)23-28-20-10-5-6-11-21(20)34(23)27-30-25-22(26(31-27)33-12-14-36-15-13-33)29-24(32(25)3)18-8-7-9-19(16-18)35-4/h5-11,16-17H,12-15H2,1-4H3. The number of ether oxygens (including phenoxy) is 2. The van der Waals surface area contributed by atoms with Gasteiger partial charge in [0.05, 0.1) is 31.4 Å². The number of imidazole rings is 2. The fourth-order valence-electron chi connectivity index (χ4n) is 4.79. The monoisotopic (exact) mass is 483 g/mol. The molecular weight excluding hydrogens is 454 g/mol. The summed E-state index contributed by atoms with van der Waals surface area (Å²) in [5, 5.41) is 0. The van der Waals surface area contributed by atoms with Crippen molar-refractivity contribution in [3.63, 3.8) is 0 Å². The molecule has 1 aliphatic rings. The number of morpholine rings is 1. The molecule has 0 bridgehead atoms. The van der Waals surface area contributed by atoms with Crippen molar-refractivity contribution in [3.05, 3.63) is 54.4 Å². The van der Waals surface area contributed by atoms with Gasteiger partial charge in [-0.25, -0.2) is 9.97 Å². The van der Waals surface area contributed by atoms with Crippen molar-refractivity contribution >= 4 is 28.0 Å².